The molecular weight excluding hydrogens is 478 g/mol. The Morgan fingerprint density at radius 1 is 0.868 bits per heavy atom. The topological polar surface area (TPSA) is 87.1 Å². The minimum absolute atomic E-state index is 0.0534. The van der Waals surface area contributed by atoms with E-state index in [1.807, 2.05) is 30.3 Å². The predicted octanol–water partition coefficient (Wildman–Crippen LogP) is 6.70. The van der Waals surface area contributed by atoms with Crippen LogP contribution in [0.2, 0.25) is 0 Å². The highest BCUT2D eigenvalue weighted by Crippen LogP contribution is 2.26. The number of rotatable bonds is 14. The van der Waals surface area contributed by atoms with E-state index in [4.69, 9.17) is 9.84 Å². The summed E-state index contributed by atoms with van der Waals surface area (Å²) < 4.78 is 6.53. The molecule has 202 valence electrons. The first-order chi connectivity index (χ1) is 18.1. The van der Waals surface area contributed by atoms with Gasteiger partial charge in [-0.1, -0.05) is 87.5 Å². The van der Waals surface area contributed by atoms with Crippen molar-refractivity contribution in [3.8, 4) is 0 Å². The first kappa shape index (κ1) is 29.1. The van der Waals surface area contributed by atoms with Gasteiger partial charge in [0.2, 0.25) is 0 Å². The van der Waals surface area contributed by atoms with Crippen molar-refractivity contribution in [2.75, 3.05) is 13.1 Å². The van der Waals surface area contributed by atoms with E-state index in [2.05, 4.69) is 62.1 Å². The smallest absolute Gasteiger partial charge is 0.335 e. The van der Waals surface area contributed by atoms with Crippen molar-refractivity contribution < 1.29 is 24.5 Å². The van der Waals surface area contributed by atoms with Crippen LogP contribution in [-0.2, 0) is 28.1 Å². The summed E-state index contributed by atoms with van der Waals surface area (Å²) in [6, 6.07) is 25.6. The summed E-state index contributed by atoms with van der Waals surface area (Å²) in [4.78, 5) is 24.5. The predicted molar refractivity (Wildman–Crippen MR) is 149 cm³/mol. The van der Waals surface area contributed by atoms with E-state index in [0.717, 1.165) is 23.1 Å². The summed E-state index contributed by atoms with van der Waals surface area (Å²) in [5.41, 5.74) is 4.77. The van der Waals surface area contributed by atoms with Crippen LogP contribution in [0.3, 0.4) is 0 Å². The molecule has 3 aromatic rings. The number of benzene rings is 3. The van der Waals surface area contributed by atoms with E-state index in [1.54, 1.807) is 12.1 Å². The van der Waals surface area contributed by atoms with E-state index in [1.165, 1.54) is 5.56 Å². The molecule has 6 nitrogen and oxygen atoms in total. The van der Waals surface area contributed by atoms with Crippen LogP contribution in [0.25, 0.3) is 0 Å². The highest BCUT2D eigenvalue weighted by atomic mass is 16.5. The molecule has 2 N–H and O–H groups in total. The molecule has 0 radical (unpaired) electrons. The molecule has 3 aromatic carbocycles. The van der Waals surface area contributed by atoms with Crippen molar-refractivity contribution in [3.05, 3.63) is 107 Å². The van der Waals surface area contributed by atoms with Gasteiger partial charge in [-0.2, -0.15) is 0 Å². The Kier molecular flexibility index (Phi) is 10.6. The van der Waals surface area contributed by atoms with Gasteiger partial charge in [0.25, 0.3) is 0 Å². The zero-order chi connectivity index (χ0) is 27.5. The van der Waals surface area contributed by atoms with Crippen LogP contribution in [0.4, 0.5) is 0 Å². The number of nitrogens with zero attached hydrogens (tertiary/aromatic N) is 1. The molecule has 0 aromatic heterocycles. The van der Waals surface area contributed by atoms with E-state index >= 15 is 0 Å². The van der Waals surface area contributed by atoms with Gasteiger partial charge in [-0.05, 0) is 59.2 Å². The molecular formula is C32H39NO5. The third kappa shape index (κ3) is 9.43. The van der Waals surface area contributed by atoms with Crippen molar-refractivity contribution in [2.24, 2.45) is 0 Å². The molecule has 0 fully saturated rings. The van der Waals surface area contributed by atoms with Gasteiger partial charge in [0.1, 0.15) is 0 Å². The Bertz CT molecular complexity index is 1170. The van der Waals surface area contributed by atoms with Gasteiger partial charge in [-0.15, -0.1) is 0 Å². The number of hydrogen-bond donors (Lipinski definition) is 2. The summed E-state index contributed by atoms with van der Waals surface area (Å²) in [5.74, 6) is -1.74. The largest absolute Gasteiger partial charge is 0.481 e. The Labute approximate surface area is 225 Å². The Balaban J connectivity index is 1.78. The maximum absolute atomic E-state index is 11.3. The van der Waals surface area contributed by atoms with Crippen molar-refractivity contribution in [2.45, 2.75) is 64.7 Å². The van der Waals surface area contributed by atoms with E-state index in [9.17, 15) is 14.7 Å². The minimum atomic E-state index is -0.949. The molecule has 0 spiro atoms. The normalized spacial score (nSPS) is 12.4. The van der Waals surface area contributed by atoms with Crippen LogP contribution in [0, 0.1) is 0 Å². The number of aliphatic carboxylic acids is 1. The molecule has 0 aliphatic rings. The summed E-state index contributed by atoms with van der Waals surface area (Å²) in [6.07, 6.45) is 1.30. The van der Waals surface area contributed by atoms with Crippen LogP contribution >= 0.6 is 0 Å². The van der Waals surface area contributed by atoms with Gasteiger partial charge >= 0.3 is 11.9 Å². The summed E-state index contributed by atoms with van der Waals surface area (Å²) in [5, 5.41) is 18.3. The molecule has 3 rings (SSSR count). The SMILES string of the molecule is CC(C)(C)c1cccc(COC(CN(CCCCC(=O)O)Cc2ccc(C(=O)O)cc2)c2ccccc2)c1. The van der Waals surface area contributed by atoms with Gasteiger partial charge in [-0.3, -0.25) is 9.69 Å². The third-order valence-electron chi connectivity index (χ3n) is 6.56. The molecule has 6 heteroatoms. The molecule has 0 bridgehead atoms. The summed E-state index contributed by atoms with van der Waals surface area (Å²) in [7, 11) is 0. The van der Waals surface area contributed by atoms with Crippen molar-refractivity contribution in [3.63, 3.8) is 0 Å². The fraction of sp³-hybridized carbons (Fsp3) is 0.375. The van der Waals surface area contributed by atoms with Gasteiger partial charge in [0, 0.05) is 19.5 Å². The van der Waals surface area contributed by atoms with Gasteiger partial charge in [0.05, 0.1) is 18.3 Å². The van der Waals surface area contributed by atoms with Crippen LogP contribution in [0.15, 0.2) is 78.9 Å². The first-order valence-electron chi connectivity index (χ1n) is 13.1. The maximum Gasteiger partial charge on any atom is 0.335 e. The number of carbonyl (C=O) groups is 2. The number of carboxylic acids is 2. The van der Waals surface area contributed by atoms with Crippen molar-refractivity contribution in [1.82, 2.24) is 4.90 Å². The lowest BCUT2D eigenvalue weighted by Gasteiger charge is -2.28. The van der Waals surface area contributed by atoms with E-state index in [-0.39, 0.29) is 23.5 Å². The minimum Gasteiger partial charge on any atom is -0.481 e. The second-order valence-electron chi connectivity index (χ2n) is 10.7. The lowest BCUT2D eigenvalue weighted by molar-refractivity contribution is -0.137. The first-order valence-corrected chi connectivity index (χ1v) is 13.1. The molecule has 1 unspecified atom stereocenters. The zero-order valence-electron chi connectivity index (χ0n) is 22.6. The Morgan fingerprint density at radius 3 is 2.21 bits per heavy atom. The average Bonchev–Trinajstić information content (AvgIpc) is 2.89. The van der Waals surface area contributed by atoms with Gasteiger partial charge in [-0.25, -0.2) is 4.79 Å². The lowest BCUT2D eigenvalue weighted by atomic mass is 9.86. The van der Waals surface area contributed by atoms with Crippen LogP contribution < -0.4 is 0 Å². The zero-order valence-corrected chi connectivity index (χ0v) is 22.6. The van der Waals surface area contributed by atoms with Crippen molar-refractivity contribution in [1.29, 1.82) is 0 Å². The molecule has 0 aliphatic heterocycles. The van der Waals surface area contributed by atoms with E-state index in [0.29, 0.717) is 32.7 Å². The number of carboxylic acid groups (broad SMARTS) is 2. The van der Waals surface area contributed by atoms with Crippen molar-refractivity contribution >= 4 is 11.9 Å². The lowest BCUT2D eigenvalue weighted by Crippen LogP contribution is -2.30. The molecule has 0 saturated heterocycles. The fourth-order valence-electron chi connectivity index (χ4n) is 4.34. The standard InChI is InChI=1S/C32H39NO5/c1-32(2,3)28-13-9-10-25(20-28)23-38-29(26-11-5-4-6-12-26)22-33(19-8-7-14-30(34)35)21-24-15-17-27(18-16-24)31(36)37/h4-6,9-13,15-18,20,29H,7-8,14,19,21-23H2,1-3H3,(H,34,35)(H,36,37). The van der Waals surface area contributed by atoms with Crippen LogP contribution in [0.5, 0.6) is 0 Å². The second-order valence-corrected chi connectivity index (χ2v) is 10.7. The fourth-order valence-corrected chi connectivity index (χ4v) is 4.34. The van der Waals surface area contributed by atoms with Crippen LogP contribution in [0.1, 0.15) is 78.7 Å². The molecule has 1 atom stereocenters. The van der Waals surface area contributed by atoms with E-state index < -0.39 is 11.9 Å². The molecule has 0 saturated carbocycles. The summed E-state index contributed by atoms with van der Waals surface area (Å²) in [6.45, 7) is 9.01. The Hall–Kier alpha value is -3.48. The number of aromatic carboxylic acids is 1. The molecule has 0 amide bonds. The second kappa shape index (κ2) is 13.9. The quantitative estimate of drug-likeness (QED) is 0.232. The number of hydrogen-bond acceptors (Lipinski definition) is 4. The average molecular weight is 518 g/mol. The highest BCUT2D eigenvalue weighted by molar-refractivity contribution is 5.87. The Morgan fingerprint density at radius 2 is 1.58 bits per heavy atom. The summed E-state index contributed by atoms with van der Waals surface area (Å²) >= 11 is 0. The molecule has 0 heterocycles. The third-order valence-corrected chi connectivity index (χ3v) is 6.56. The van der Waals surface area contributed by atoms with Gasteiger partial charge < -0.3 is 14.9 Å². The highest BCUT2D eigenvalue weighted by Gasteiger charge is 2.19. The molecule has 0 aliphatic carbocycles. The monoisotopic (exact) mass is 517 g/mol. The van der Waals surface area contributed by atoms with Gasteiger partial charge in [0.15, 0.2) is 0 Å². The molecule has 38 heavy (non-hydrogen) atoms. The number of unbranched alkanes of at least 4 members (excludes halogenated alkanes) is 1. The number of ether oxygens (including phenoxy) is 1. The van der Waals surface area contributed by atoms with Crippen LogP contribution in [-0.4, -0.2) is 40.1 Å². The maximum atomic E-state index is 11.3.